The van der Waals surface area contributed by atoms with E-state index in [4.69, 9.17) is 9.72 Å². The lowest BCUT2D eigenvalue weighted by atomic mass is 10.1. The Labute approximate surface area is 156 Å². The fourth-order valence-electron chi connectivity index (χ4n) is 3.50. The molecule has 9 heteroatoms. The molecule has 5 heterocycles. The van der Waals surface area contributed by atoms with Crippen LogP contribution in [0.5, 0.6) is 5.75 Å². The highest BCUT2D eigenvalue weighted by atomic mass is 16.5. The first-order valence-electron chi connectivity index (χ1n) is 9.13. The summed E-state index contributed by atoms with van der Waals surface area (Å²) in [5.41, 5.74) is 1.65. The number of rotatable bonds is 3. The van der Waals surface area contributed by atoms with Crippen LogP contribution in [-0.2, 0) is 6.54 Å². The molecule has 140 valence electrons. The monoisotopic (exact) mass is 367 g/mol. The summed E-state index contributed by atoms with van der Waals surface area (Å²) in [4.78, 5) is 15.8. The zero-order valence-corrected chi connectivity index (χ0v) is 15.3. The van der Waals surface area contributed by atoms with Gasteiger partial charge in [-0.2, -0.15) is 5.10 Å². The van der Waals surface area contributed by atoms with Crippen molar-refractivity contribution >= 4 is 5.82 Å². The van der Waals surface area contributed by atoms with Gasteiger partial charge in [0, 0.05) is 37.6 Å². The molecule has 3 aromatic heterocycles. The Morgan fingerprint density at radius 2 is 2.07 bits per heavy atom. The second-order valence-corrected chi connectivity index (χ2v) is 7.21. The van der Waals surface area contributed by atoms with Crippen molar-refractivity contribution in [1.82, 2.24) is 29.3 Å². The lowest BCUT2D eigenvalue weighted by molar-refractivity contribution is 0.141. The standard InChI is InChI=1S/C18H21N7O2/c1-11(2)25-18(20-10-21-25)14-9-23-3-4-27-15-5-16(24-7-12(26)8-24)19-6-13(15)17(23)22-14/h5-6,9-12,26H,3-4,7-8H2,1-2H3. The second-order valence-electron chi connectivity index (χ2n) is 7.21. The minimum absolute atomic E-state index is 0.204. The highest BCUT2D eigenvalue weighted by Gasteiger charge is 2.28. The van der Waals surface area contributed by atoms with Crippen molar-refractivity contribution in [1.29, 1.82) is 0 Å². The van der Waals surface area contributed by atoms with Crippen LogP contribution in [-0.4, -0.2) is 60.2 Å². The fourth-order valence-corrected chi connectivity index (χ4v) is 3.50. The molecule has 5 rings (SSSR count). The van der Waals surface area contributed by atoms with E-state index >= 15 is 0 Å². The van der Waals surface area contributed by atoms with Gasteiger partial charge in [0.25, 0.3) is 0 Å². The van der Waals surface area contributed by atoms with Gasteiger partial charge < -0.3 is 19.3 Å². The van der Waals surface area contributed by atoms with Crippen LogP contribution in [0.25, 0.3) is 22.9 Å². The Balaban J connectivity index is 1.55. The molecule has 0 spiro atoms. The molecule has 2 aliphatic heterocycles. The van der Waals surface area contributed by atoms with Gasteiger partial charge in [-0.15, -0.1) is 0 Å². The maximum absolute atomic E-state index is 9.52. The molecule has 3 aromatic rings. The van der Waals surface area contributed by atoms with Gasteiger partial charge in [-0.25, -0.2) is 19.6 Å². The summed E-state index contributed by atoms with van der Waals surface area (Å²) in [6.45, 7) is 6.61. The summed E-state index contributed by atoms with van der Waals surface area (Å²) < 4.78 is 9.89. The number of aromatic nitrogens is 6. The molecular weight excluding hydrogens is 346 g/mol. The van der Waals surface area contributed by atoms with Crippen LogP contribution in [0.4, 0.5) is 5.82 Å². The van der Waals surface area contributed by atoms with Crippen LogP contribution in [0.1, 0.15) is 19.9 Å². The maximum Gasteiger partial charge on any atom is 0.178 e. The van der Waals surface area contributed by atoms with Gasteiger partial charge in [-0.3, -0.25) is 0 Å². The number of nitrogens with zero attached hydrogens (tertiary/aromatic N) is 7. The van der Waals surface area contributed by atoms with E-state index in [0.717, 1.165) is 34.5 Å². The normalized spacial score (nSPS) is 16.5. The highest BCUT2D eigenvalue weighted by Crippen LogP contribution is 2.36. The highest BCUT2D eigenvalue weighted by molar-refractivity contribution is 5.69. The van der Waals surface area contributed by atoms with Gasteiger partial charge in [0.15, 0.2) is 5.82 Å². The third-order valence-corrected chi connectivity index (χ3v) is 4.94. The number of hydrogen-bond donors (Lipinski definition) is 1. The first kappa shape index (κ1) is 16.2. The third kappa shape index (κ3) is 2.66. The molecule has 0 aliphatic carbocycles. The molecule has 1 fully saturated rings. The van der Waals surface area contributed by atoms with E-state index in [9.17, 15) is 5.11 Å². The van der Waals surface area contributed by atoms with Crippen molar-refractivity contribution in [2.45, 2.75) is 32.5 Å². The van der Waals surface area contributed by atoms with Gasteiger partial charge >= 0.3 is 0 Å². The van der Waals surface area contributed by atoms with Gasteiger partial charge in [-0.05, 0) is 13.8 Å². The van der Waals surface area contributed by atoms with E-state index in [1.165, 1.54) is 0 Å². The number of pyridine rings is 1. The van der Waals surface area contributed by atoms with Crippen molar-refractivity contribution in [3.05, 3.63) is 24.8 Å². The summed E-state index contributed by atoms with van der Waals surface area (Å²) in [5.74, 6) is 3.16. The molecule has 1 N–H and O–H groups in total. The summed E-state index contributed by atoms with van der Waals surface area (Å²) in [6.07, 6.45) is 5.09. The molecule has 0 amide bonds. The number of ether oxygens (including phenoxy) is 1. The number of fused-ring (bicyclic) bond motifs is 3. The Morgan fingerprint density at radius 1 is 1.22 bits per heavy atom. The number of hydrogen-bond acceptors (Lipinski definition) is 7. The molecule has 0 saturated carbocycles. The maximum atomic E-state index is 9.52. The average Bonchev–Trinajstić information content (AvgIpc) is 3.23. The summed E-state index contributed by atoms with van der Waals surface area (Å²) in [7, 11) is 0. The van der Waals surface area contributed by atoms with Crippen molar-refractivity contribution < 1.29 is 9.84 Å². The van der Waals surface area contributed by atoms with Crippen LogP contribution in [0.15, 0.2) is 24.8 Å². The van der Waals surface area contributed by atoms with Gasteiger partial charge in [0.1, 0.15) is 36.0 Å². The van der Waals surface area contributed by atoms with Gasteiger partial charge in [0.2, 0.25) is 0 Å². The van der Waals surface area contributed by atoms with E-state index in [-0.39, 0.29) is 12.1 Å². The van der Waals surface area contributed by atoms with E-state index in [2.05, 4.69) is 33.5 Å². The quantitative estimate of drug-likeness (QED) is 0.747. The third-order valence-electron chi connectivity index (χ3n) is 4.94. The molecule has 2 aliphatic rings. The molecule has 0 aromatic carbocycles. The Bertz CT molecular complexity index is 988. The van der Waals surface area contributed by atoms with Crippen LogP contribution in [0, 0.1) is 0 Å². The molecule has 9 nitrogen and oxygen atoms in total. The molecule has 27 heavy (non-hydrogen) atoms. The number of aliphatic hydroxyl groups excluding tert-OH is 1. The number of anilines is 1. The smallest absolute Gasteiger partial charge is 0.178 e. The fraction of sp³-hybridized carbons (Fsp3) is 0.444. The molecule has 0 atom stereocenters. The zero-order valence-electron chi connectivity index (χ0n) is 15.3. The van der Waals surface area contributed by atoms with Crippen LogP contribution < -0.4 is 9.64 Å². The number of imidazole rings is 1. The zero-order chi connectivity index (χ0) is 18.5. The topological polar surface area (TPSA) is 94.1 Å². The van der Waals surface area contributed by atoms with E-state index < -0.39 is 0 Å². The Kier molecular flexibility index (Phi) is 3.64. The minimum atomic E-state index is -0.272. The lowest BCUT2D eigenvalue weighted by Gasteiger charge is -2.36. The second kappa shape index (κ2) is 6.05. The SMILES string of the molecule is CC(C)n1ncnc1-c1cn2c(n1)-c1cnc(N3CC(O)C3)cc1OCC2. The van der Waals surface area contributed by atoms with E-state index in [0.29, 0.717) is 26.2 Å². The van der Waals surface area contributed by atoms with Crippen molar-refractivity contribution in [2.75, 3.05) is 24.6 Å². The summed E-state index contributed by atoms with van der Waals surface area (Å²) in [5, 5.41) is 13.8. The van der Waals surface area contributed by atoms with Gasteiger partial charge in [-0.1, -0.05) is 0 Å². The van der Waals surface area contributed by atoms with E-state index in [1.807, 2.05) is 21.8 Å². The van der Waals surface area contributed by atoms with Crippen LogP contribution in [0.2, 0.25) is 0 Å². The lowest BCUT2D eigenvalue weighted by Crippen LogP contribution is -2.51. The van der Waals surface area contributed by atoms with Crippen molar-refractivity contribution in [3.63, 3.8) is 0 Å². The van der Waals surface area contributed by atoms with E-state index in [1.54, 1.807) is 12.5 Å². The van der Waals surface area contributed by atoms with Crippen LogP contribution >= 0.6 is 0 Å². The molecule has 1 saturated heterocycles. The Morgan fingerprint density at radius 3 is 2.85 bits per heavy atom. The minimum Gasteiger partial charge on any atom is -0.491 e. The summed E-state index contributed by atoms with van der Waals surface area (Å²) >= 11 is 0. The Hall–Kier alpha value is -2.94. The number of aliphatic hydroxyl groups is 1. The predicted octanol–water partition coefficient (Wildman–Crippen LogP) is 1.36. The molecule has 0 bridgehead atoms. The molecular formula is C18H21N7O2. The summed E-state index contributed by atoms with van der Waals surface area (Å²) in [6, 6.07) is 2.14. The van der Waals surface area contributed by atoms with Crippen LogP contribution in [0.3, 0.4) is 0 Å². The first-order valence-corrected chi connectivity index (χ1v) is 9.13. The van der Waals surface area contributed by atoms with Crippen molar-refractivity contribution in [3.8, 4) is 28.7 Å². The average molecular weight is 367 g/mol. The predicted molar refractivity (Wildman–Crippen MR) is 98.6 cm³/mol. The van der Waals surface area contributed by atoms with Gasteiger partial charge in [0.05, 0.1) is 18.2 Å². The molecule has 0 radical (unpaired) electrons. The molecule has 0 unspecified atom stereocenters. The number of β-amino-alcohol motifs (C(OH)–C–C–N with tert-alkyl or cyclic N) is 1. The van der Waals surface area contributed by atoms with Crippen molar-refractivity contribution in [2.24, 2.45) is 0 Å². The first-order chi connectivity index (χ1) is 13.1. The largest absolute Gasteiger partial charge is 0.491 e.